The molecular weight excluding hydrogens is 490 g/mol. The highest BCUT2D eigenvalue weighted by Crippen LogP contribution is 2.30. The predicted molar refractivity (Wildman–Crippen MR) is 147 cm³/mol. The van der Waals surface area contributed by atoms with Gasteiger partial charge in [-0.1, -0.05) is 45.7 Å². The molecule has 1 aromatic carbocycles. The number of carbonyl (C=O) groups is 1. The Morgan fingerprint density at radius 1 is 0.973 bits per heavy atom. The summed E-state index contributed by atoms with van der Waals surface area (Å²) in [6, 6.07) is 7.83. The highest BCUT2D eigenvalue weighted by atomic mass is 32.2. The molecule has 0 spiro atoms. The quantitative estimate of drug-likeness (QED) is 0.361. The molecule has 1 saturated heterocycles. The number of nitrogens with zero attached hydrogens (tertiary/aromatic N) is 5. The molecular formula is C27H43N5O4S. The van der Waals surface area contributed by atoms with Crippen LogP contribution in [0.25, 0.3) is 0 Å². The summed E-state index contributed by atoms with van der Waals surface area (Å²) in [4.78, 5) is 17.6. The Labute approximate surface area is 222 Å². The van der Waals surface area contributed by atoms with Gasteiger partial charge in [-0.15, -0.1) is 0 Å². The first-order valence-electron chi connectivity index (χ1n) is 13.7. The van der Waals surface area contributed by atoms with E-state index in [9.17, 15) is 13.2 Å². The molecule has 37 heavy (non-hydrogen) atoms. The summed E-state index contributed by atoms with van der Waals surface area (Å²) in [6.45, 7) is 12.2. The van der Waals surface area contributed by atoms with Gasteiger partial charge in [-0.3, -0.25) is 9.48 Å². The second-order valence-corrected chi connectivity index (χ2v) is 11.3. The molecule has 1 aromatic heterocycles. The van der Waals surface area contributed by atoms with Gasteiger partial charge >= 0.3 is 0 Å². The van der Waals surface area contributed by atoms with Crippen LogP contribution in [-0.4, -0.2) is 79.2 Å². The Balaban J connectivity index is 1.85. The fourth-order valence-electron chi connectivity index (χ4n) is 4.56. The molecule has 9 nitrogen and oxygen atoms in total. The number of sulfonamides is 1. The lowest BCUT2D eigenvalue weighted by Gasteiger charge is -2.35. The van der Waals surface area contributed by atoms with Crippen molar-refractivity contribution < 1.29 is 17.9 Å². The Morgan fingerprint density at radius 2 is 1.62 bits per heavy atom. The van der Waals surface area contributed by atoms with Gasteiger partial charge in [0.25, 0.3) is 15.9 Å². The highest BCUT2D eigenvalue weighted by molar-refractivity contribution is 7.89. The molecule has 0 radical (unpaired) electrons. The average molecular weight is 534 g/mol. The fourth-order valence-corrected chi connectivity index (χ4v) is 6.07. The molecule has 2 aromatic rings. The van der Waals surface area contributed by atoms with Gasteiger partial charge in [0.2, 0.25) is 5.03 Å². The summed E-state index contributed by atoms with van der Waals surface area (Å²) in [5.74, 6) is 0.554. The van der Waals surface area contributed by atoms with Crippen molar-refractivity contribution in [1.82, 2.24) is 19.0 Å². The number of amides is 1. The van der Waals surface area contributed by atoms with E-state index in [0.717, 1.165) is 43.5 Å². The van der Waals surface area contributed by atoms with E-state index in [1.165, 1.54) is 4.31 Å². The summed E-state index contributed by atoms with van der Waals surface area (Å²) in [5, 5.41) is 4.31. The topological polar surface area (TPSA) is 88.0 Å². The first-order valence-corrected chi connectivity index (χ1v) is 15.1. The number of aryl methyl sites for hydroxylation is 1. The number of para-hydroxylation sites is 2. The third-order valence-electron chi connectivity index (χ3n) is 6.59. The van der Waals surface area contributed by atoms with Gasteiger partial charge in [-0.25, -0.2) is 8.42 Å². The minimum atomic E-state index is -3.94. The normalized spacial score (nSPS) is 14.6. The summed E-state index contributed by atoms with van der Waals surface area (Å²) in [6.07, 6.45) is 6.11. The summed E-state index contributed by atoms with van der Waals surface area (Å²) in [5.41, 5.74) is 1.15. The van der Waals surface area contributed by atoms with E-state index in [1.54, 1.807) is 15.8 Å². The zero-order valence-corrected chi connectivity index (χ0v) is 23.7. The third kappa shape index (κ3) is 7.04. The molecule has 10 heteroatoms. The molecule has 3 rings (SSSR count). The van der Waals surface area contributed by atoms with E-state index in [4.69, 9.17) is 4.74 Å². The summed E-state index contributed by atoms with van der Waals surface area (Å²) < 4.78 is 36.5. The fraction of sp³-hybridized carbons (Fsp3) is 0.630. The van der Waals surface area contributed by atoms with Gasteiger partial charge in [0.05, 0.1) is 17.9 Å². The third-order valence-corrected chi connectivity index (χ3v) is 8.43. The van der Waals surface area contributed by atoms with Crippen LogP contribution in [0.4, 0.5) is 5.69 Å². The SMILES string of the molecule is CCCCN(CCCC)C(=O)c1cn(CCC)nc1S(=O)(=O)N1CCN(c2ccccc2OCC)CC1. The zero-order chi connectivity index (χ0) is 26.8. The maximum Gasteiger partial charge on any atom is 0.263 e. The number of ether oxygens (including phenoxy) is 1. The second kappa shape index (κ2) is 13.8. The molecule has 0 aliphatic carbocycles. The van der Waals surface area contributed by atoms with Crippen molar-refractivity contribution in [3.05, 3.63) is 36.0 Å². The Hall–Kier alpha value is -2.59. The second-order valence-electron chi connectivity index (χ2n) is 9.40. The molecule has 1 aliphatic heterocycles. The molecule has 0 atom stereocenters. The lowest BCUT2D eigenvalue weighted by atomic mass is 10.2. The van der Waals surface area contributed by atoms with Gasteiger partial charge in [-0.2, -0.15) is 9.40 Å². The van der Waals surface area contributed by atoms with Gasteiger partial charge in [-0.05, 0) is 38.3 Å². The van der Waals surface area contributed by atoms with E-state index >= 15 is 0 Å². The van der Waals surface area contributed by atoms with Crippen LogP contribution in [0, 0.1) is 0 Å². The molecule has 1 amide bonds. The average Bonchev–Trinajstić information content (AvgIpc) is 3.34. The number of anilines is 1. The van der Waals surface area contributed by atoms with E-state index in [-0.39, 0.29) is 16.5 Å². The molecule has 0 N–H and O–H groups in total. The van der Waals surface area contributed by atoms with Crippen LogP contribution in [0.1, 0.15) is 70.2 Å². The van der Waals surface area contributed by atoms with Crippen molar-refractivity contribution in [2.24, 2.45) is 0 Å². The Bertz CT molecular complexity index is 1100. The highest BCUT2D eigenvalue weighted by Gasteiger charge is 2.36. The predicted octanol–water partition coefficient (Wildman–Crippen LogP) is 4.25. The van der Waals surface area contributed by atoms with Crippen molar-refractivity contribution in [3.63, 3.8) is 0 Å². The lowest BCUT2D eigenvalue weighted by Crippen LogP contribution is -2.49. The van der Waals surface area contributed by atoms with Crippen molar-refractivity contribution in [2.75, 3.05) is 50.8 Å². The number of hydrogen-bond acceptors (Lipinski definition) is 6. The number of hydrogen-bond donors (Lipinski definition) is 0. The van der Waals surface area contributed by atoms with E-state index in [1.807, 2.05) is 38.1 Å². The Morgan fingerprint density at radius 3 is 2.22 bits per heavy atom. The van der Waals surface area contributed by atoms with Crippen LogP contribution >= 0.6 is 0 Å². The standard InChI is InChI=1S/C27H43N5O4S/c1-5-9-16-30(17-10-6-2)27(33)23-22-31(15-7-3)28-26(23)37(34,35)32-20-18-29(19-21-32)24-13-11-12-14-25(24)36-8-4/h11-14,22H,5-10,15-21H2,1-4H3. The number of unbranched alkanes of at least 4 members (excludes halogenated alkanes) is 2. The summed E-state index contributed by atoms with van der Waals surface area (Å²) >= 11 is 0. The number of carbonyl (C=O) groups excluding carboxylic acids is 1. The van der Waals surface area contributed by atoms with E-state index < -0.39 is 10.0 Å². The van der Waals surface area contributed by atoms with Gasteiger partial charge in [0, 0.05) is 52.0 Å². The monoisotopic (exact) mass is 533 g/mol. The first-order chi connectivity index (χ1) is 17.9. The van der Waals surface area contributed by atoms with E-state index in [0.29, 0.717) is 52.4 Å². The molecule has 2 heterocycles. The van der Waals surface area contributed by atoms with Crippen molar-refractivity contribution in [3.8, 4) is 5.75 Å². The molecule has 1 aliphatic rings. The maximum absolute atomic E-state index is 13.8. The van der Waals surface area contributed by atoms with Crippen LogP contribution in [0.2, 0.25) is 0 Å². The minimum absolute atomic E-state index is 0.118. The van der Waals surface area contributed by atoms with Crippen molar-refractivity contribution in [2.45, 2.75) is 71.4 Å². The van der Waals surface area contributed by atoms with Crippen LogP contribution in [0.5, 0.6) is 5.75 Å². The Kier molecular flexibility index (Phi) is 10.8. The van der Waals surface area contributed by atoms with Crippen LogP contribution in [0.15, 0.2) is 35.5 Å². The van der Waals surface area contributed by atoms with Crippen LogP contribution in [0.3, 0.4) is 0 Å². The number of piperazine rings is 1. The minimum Gasteiger partial charge on any atom is -0.492 e. The number of benzene rings is 1. The largest absolute Gasteiger partial charge is 0.492 e. The number of rotatable bonds is 14. The molecule has 206 valence electrons. The van der Waals surface area contributed by atoms with Crippen molar-refractivity contribution in [1.29, 1.82) is 0 Å². The van der Waals surface area contributed by atoms with Crippen molar-refractivity contribution >= 4 is 21.6 Å². The number of aromatic nitrogens is 2. The summed E-state index contributed by atoms with van der Waals surface area (Å²) in [7, 11) is -3.94. The molecule has 1 fully saturated rings. The van der Waals surface area contributed by atoms with Crippen LogP contribution in [-0.2, 0) is 16.6 Å². The van der Waals surface area contributed by atoms with Gasteiger partial charge < -0.3 is 14.5 Å². The lowest BCUT2D eigenvalue weighted by molar-refractivity contribution is 0.0747. The first kappa shape index (κ1) is 29.0. The van der Waals surface area contributed by atoms with Crippen LogP contribution < -0.4 is 9.64 Å². The zero-order valence-electron chi connectivity index (χ0n) is 22.9. The smallest absolute Gasteiger partial charge is 0.263 e. The molecule has 0 saturated carbocycles. The van der Waals surface area contributed by atoms with Gasteiger partial charge in [0.1, 0.15) is 5.75 Å². The molecule has 0 bridgehead atoms. The van der Waals surface area contributed by atoms with E-state index in [2.05, 4.69) is 23.8 Å². The molecule has 0 unspecified atom stereocenters. The maximum atomic E-state index is 13.8. The van der Waals surface area contributed by atoms with Gasteiger partial charge in [0.15, 0.2) is 0 Å².